The lowest BCUT2D eigenvalue weighted by Crippen LogP contribution is -2.33. The number of aryl methyl sites for hydroxylation is 1. The Morgan fingerprint density at radius 2 is 1.94 bits per heavy atom. The van der Waals surface area contributed by atoms with Crippen LogP contribution in [0.4, 0.5) is 5.69 Å². The molecule has 1 fully saturated rings. The number of likely N-dealkylation sites (tertiary alicyclic amines) is 1. The standard InChI is InChI=1S/C15H22N2O/c1-2-12-7-14(9-15(16)8-12)10-17-5-3-13(11-18)4-6-17/h7-9,11,13H,2-6,10,16H2,1H3. The van der Waals surface area contributed by atoms with E-state index in [1.807, 2.05) is 6.07 Å². The zero-order chi connectivity index (χ0) is 13.0. The third-order valence-electron chi connectivity index (χ3n) is 3.71. The molecule has 0 amide bonds. The summed E-state index contributed by atoms with van der Waals surface area (Å²) in [6, 6.07) is 6.34. The minimum Gasteiger partial charge on any atom is -0.399 e. The molecule has 0 bridgehead atoms. The highest BCUT2D eigenvalue weighted by atomic mass is 16.1. The number of piperidine rings is 1. The minimum atomic E-state index is 0.272. The molecule has 1 aromatic rings. The van der Waals surface area contributed by atoms with Gasteiger partial charge in [-0.05, 0) is 55.6 Å². The lowest BCUT2D eigenvalue weighted by Gasteiger charge is -2.29. The fourth-order valence-corrected chi connectivity index (χ4v) is 2.59. The van der Waals surface area contributed by atoms with Crippen molar-refractivity contribution in [3.8, 4) is 0 Å². The molecule has 2 rings (SSSR count). The predicted molar refractivity (Wildman–Crippen MR) is 74.3 cm³/mol. The second-order valence-corrected chi connectivity index (χ2v) is 5.19. The molecule has 3 nitrogen and oxygen atoms in total. The maximum atomic E-state index is 10.7. The Hall–Kier alpha value is -1.35. The van der Waals surface area contributed by atoms with E-state index in [1.165, 1.54) is 11.1 Å². The summed E-state index contributed by atoms with van der Waals surface area (Å²) in [5.41, 5.74) is 9.36. The van der Waals surface area contributed by atoms with E-state index in [9.17, 15) is 4.79 Å². The number of benzene rings is 1. The Labute approximate surface area is 109 Å². The van der Waals surface area contributed by atoms with Crippen LogP contribution < -0.4 is 5.73 Å². The summed E-state index contributed by atoms with van der Waals surface area (Å²) in [7, 11) is 0. The molecular weight excluding hydrogens is 224 g/mol. The van der Waals surface area contributed by atoms with Crippen molar-refractivity contribution < 1.29 is 4.79 Å². The Morgan fingerprint density at radius 1 is 1.28 bits per heavy atom. The monoisotopic (exact) mass is 246 g/mol. The molecule has 3 heteroatoms. The van der Waals surface area contributed by atoms with Gasteiger partial charge >= 0.3 is 0 Å². The number of anilines is 1. The average Bonchev–Trinajstić information content (AvgIpc) is 2.39. The highest BCUT2D eigenvalue weighted by Crippen LogP contribution is 2.19. The third kappa shape index (κ3) is 3.33. The molecule has 1 saturated heterocycles. The predicted octanol–water partition coefficient (Wildman–Crippen LogP) is 2.24. The summed E-state index contributed by atoms with van der Waals surface area (Å²) in [4.78, 5) is 13.1. The van der Waals surface area contributed by atoms with Gasteiger partial charge in [0.1, 0.15) is 6.29 Å². The first-order valence-corrected chi connectivity index (χ1v) is 6.77. The van der Waals surface area contributed by atoms with E-state index in [0.29, 0.717) is 0 Å². The molecule has 1 aliphatic rings. The second-order valence-electron chi connectivity index (χ2n) is 5.19. The van der Waals surface area contributed by atoms with Gasteiger partial charge in [-0.25, -0.2) is 0 Å². The maximum absolute atomic E-state index is 10.7. The van der Waals surface area contributed by atoms with Crippen LogP contribution in [0.1, 0.15) is 30.9 Å². The van der Waals surface area contributed by atoms with Gasteiger partial charge in [-0.15, -0.1) is 0 Å². The summed E-state index contributed by atoms with van der Waals surface area (Å²) in [6.45, 7) is 5.12. The fraction of sp³-hybridized carbons (Fsp3) is 0.533. The molecular formula is C15H22N2O. The molecule has 0 aliphatic carbocycles. The van der Waals surface area contributed by atoms with Gasteiger partial charge in [0.05, 0.1) is 0 Å². The molecule has 1 aliphatic heterocycles. The van der Waals surface area contributed by atoms with Gasteiger partial charge in [0, 0.05) is 18.2 Å². The molecule has 18 heavy (non-hydrogen) atoms. The van der Waals surface area contributed by atoms with Crippen molar-refractivity contribution in [3.63, 3.8) is 0 Å². The summed E-state index contributed by atoms with van der Waals surface area (Å²) in [6.07, 6.45) is 4.11. The zero-order valence-electron chi connectivity index (χ0n) is 11.1. The second kappa shape index (κ2) is 6.01. The summed E-state index contributed by atoms with van der Waals surface area (Å²) >= 11 is 0. The first-order chi connectivity index (χ1) is 8.71. The van der Waals surface area contributed by atoms with Crippen molar-refractivity contribution in [2.45, 2.75) is 32.7 Å². The largest absolute Gasteiger partial charge is 0.399 e. The van der Waals surface area contributed by atoms with Gasteiger partial charge in [-0.2, -0.15) is 0 Å². The van der Waals surface area contributed by atoms with E-state index in [2.05, 4.69) is 24.0 Å². The van der Waals surface area contributed by atoms with E-state index in [-0.39, 0.29) is 5.92 Å². The van der Waals surface area contributed by atoms with Gasteiger partial charge in [-0.3, -0.25) is 4.90 Å². The van der Waals surface area contributed by atoms with Crippen molar-refractivity contribution in [3.05, 3.63) is 29.3 Å². The molecule has 2 N–H and O–H groups in total. The minimum absolute atomic E-state index is 0.272. The first kappa shape index (κ1) is 13.1. The van der Waals surface area contributed by atoms with Crippen LogP contribution >= 0.6 is 0 Å². The first-order valence-electron chi connectivity index (χ1n) is 6.77. The molecule has 0 saturated carbocycles. The van der Waals surface area contributed by atoms with Crippen molar-refractivity contribution >= 4 is 12.0 Å². The Morgan fingerprint density at radius 3 is 2.56 bits per heavy atom. The van der Waals surface area contributed by atoms with E-state index in [1.54, 1.807) is 0 Å². The van der Waals surface area contributed by atoms with Crippen LogP contribution in [0, 0.1) is 5.92 Å². The summed E-state index contributed by atoms with van der Waals surface area (Å²) in [5, 5.41) is 0. The van der Waals surface area contributed by atoms with Crippen LogP contribution in [0.2, 0.25) is 0 Å². The number of carbonyl (C=O) groups excluding carboxylic acids is 1. The van der Waals surface area contributed by atoms with Crippen LogP contribution in [0.5, 0.6) is 0 Å². The molecule has 0 aromatic heterocycles. The van der Waals surface area contributed by atoms with E-state index >= 15 is 0 Å². The molecule has 1 aromatic carbocycles. The number of aldehydes is 1. The molecule has 0 atom stereocenters. The quantitative estimate of drug-likeness (QED) is 0.654. The smallest absolute Gasteiger partial charge is 0.123 e. The summed E-state index contributed by atoms with van der Waals surface area (Å²) < 4.78 is 0. The molecule has 0 unspecified atom stereocenters. The number of hydrogen-bond acceptors (Lipinski definition) is 3. The van der Waals surface area contributed by atoms with Crippen LogP contribution in [-0.4, -0.2) is 24.3 Å². The van der Waals surface area contributed by atoms with E-state index in [4.69, 9.17) is 5.73 Å². The lowest BCUT2D eigenvalue weighted by atomic mass is 9.98. The topological polar surface area (TPSA) is 46.3 Å². The molecule has 0 radical (unpaired) electrons. The average molecular weight is 246 g/mol. The van der Waals surface area contributed by atoms with Gasteiger partial charge < -0.3 is 10.5 Å². The van der Waals surface area contributed by atoms with Crippen LogP contribution in [-0.2, 0) is 17.8 Å². The zero-order valence-corrected chi connectivity index (χ0v) is 11.1. The Kier molecular flexibility index (Phi) is 4.37. The van der Waals surface area contributed by atoms with Crippen molar-refractivity contribution in [2.24, 2.45) is 5.92 Å². The number of hydrogen-bond donors (Lipinski definition) is 1. The summed E-state index contributed by atoms with van der Waals surface area (Å²) in [5.74, 6) is 0.272. The van der Waals surface area contributed by atoms with Crippen molar-refractivity contribution in [1.82, 2.24) is 4.90 Å². The number of nitrogen functional groups attached to an aromatic ring is 1. The fourth-order valence-electron chi connectivity index (χ4n) is 2.59. The van der Waals surface area contributed by atoms with Gasteiger partial charge in [0.15, 0.2) is 0 Å². The van der Waals surface area contributed by atoms with E-state index in [0.717, 1.165) is 50.9 Å². The van der Waals surface area contributed by atoms with Gasteiger partial charge in [-0.1, -0.05) is 13.0 Å². The lowest BCUT2D eigenvalue weighted by molar-refractivity contribution is -0.112. The van der Waals surface area contributed by atoms with Crippen LogP contribution in [0.15, 0.2) is 18.2 Å². The van der Waals surface area contributed by atoms with Crippen molar-refractivity contribution in [2.75, 3.05) is 18.8 Å². The Bertz CT molecular complexity index is 409. The maximum Gasteiger partial charge on any atom is 0.123 e. The number of carbonyl (C=O) groups is 1. The third-order valence-corrected chi connectivity index (χ3v) is 3.71. The number of rotatable bonds is 4. The van der Waals surface area contributed by atoms with Crippen LogP contribution in [0.3, 0.4) is 0 Å². The number of nitrogens with zero attached hydrogens (tertiary/aromatic N) is 1. The van der Waals surface area contributed by atoms with Gasteiger partial charge in [0.25, 0.3) is 0 Å². The molecule has 0 spiro atoms. The van der Waals surface area contributed by atoms with Gasteiger partial charge in [0.2, 0.25) is 0 Å². The SMILES string of the molecule is CCc1cc(N)cc(CN2CCC(C=O)CC2)c1. The normalized spacial score (nSPS) is 17.8. The van der Waals surface area contributed by atoms with Crippen molar-refractivity contribution in [1.29, 1.82) is 0 Å². The van der Waals surface area contributed by atoms with E-state index < -0.39 is 0 Å². The molecule has 98 valence electrons. The number of nitrogens with two attached hydrogens (primary N) is 1. The van der Waals surface area contributed by atoms with Crippen LogP contribution in [0.25, 0.3) is 0 Å². The highest BCUT2D eigenvalue weighted by Gasteiger charge is 2.18. The Balaban J connectivity index is 1.97. The highest BCUT2D eigenvalue weighted by molar-refractivity contribution is 5.53. The molecule has 1 heterocycles.